The third kappa shape index (κ3) is 5.41. The van der Waals surface area contributed by atoms with Gasteiger partial charge in [0.1, 0.15) is 5.75 Å². The summed E-state index contributed by atoms with van der Waals surface area (Å²) < 4.78 is 11.5. The molecule has 0 unspecified atom stereocenters. The van der Waals surface area contributed by atoms with E-state index in [-0.39, 0.29) is 11.5 Å². The van der Waals surface area contributed by atoms with Gasteiger partial charge >= 0.3 is 0 Å². The molecule has 6 rings (SSSR count). The largest absolute Gasteiger partial charge is 0.496 e. The number of hydrogen-bond acceptors (Lipinski definition) is 4. The molecule has 6 nitrogen and oxygen atoms in total. The molecule has 0 saturated carbocycles. The molecule has 0 aliphatic heterocycles. The molecule has 222 valence electrons. The summed E-state index contributed by atoms with van der Waals surface area (Å²) in [6, 6.07) is 26.0. The fourth-order valence-corrected chi connectivity index (χ4v) is 6.90. The molecule has 4 aromatic carbocycles. The molecule has 0 aliphatic rings. The molecule has 0 fully saturated rings. The van der Waals surface area contributed by atoms with Gasteiger partial charge in [-0.15, -0.1) is 0 Å². The van der Waals surface area contributed by atoms with E-state index in [1.54, 1.807) is 19.4 Å². The quantitative estimate of drug-likeness (QED) is 0.155. The zero-order valence-corrected chi connectivity index (χ0v) is 28.4. The Morgan fingerprint density at radius 3 is 2.41 bits per heavy atom. The van der Waals surface area contributed by atoms with E-state index in [4.69, 9.17) is 14.8 Å². The third-order valence-corrected chi connectivity index (χ3v) is 9.35. The normalized spacial score (nSPS) is 11.8. The molecule has 8 heteroatoms. The summed E-state index contributed by atoms with van der Waals surface area (Å²) in [6.45, 7) is 9.04. The molecule has 44 heavy (non-hydrogen) atoms. The Morgan fingerprint density at radius 1 is 0.955 bits per heavy atom. The Kier molecular flexibility index (Phi) is 8.31. The first-order chi connectivity index (χ1) is 21.2. The number of aromatic nitrogens is 3. The lowest BCUT2D eigenvalue weighted by Gasteiger charge is -2.17. The van der Waals surface area contributed by atoms with Crippen LogP contribution in [0.4, 0.5) is 0 Å². The summed E-state index contributed by atoms with van der Waals surface area (Å²) in [5.74, 6) is 1.53. The first kappa shape index (κ1) is 30.0. The predicted octanol–water partition coefficient (Wildman–Crippen LogP) is 9.22. The highest BCUT2D eigenvalue weighted by Gasteiger charge is 2.19. The standard InChI is InChI=1S/C36H32Br2N4O2/c1-21(2)28-18-29(22(3)16-34(28)44-5)35-40-32-12-8-6-11-27(32)36(43)42(35)39-19-30-23(4)41(33-13-9-7-10-26(30)33)20-24-14-15-25(37)17-31(24)38/h6-19,21H,20H2,1-5H3. The Balaban J connectivity index is 1.55. The number of ether oxygens (including phenoxy) is 1. The molecular formula is C36H32Br2N4O2. The van der Waals surface area contributed by atoms with Gasteiger partial charge in [0.05, 0.1) is 24.2 Å². The summed E-state index contributed by atoms with van der Waals surface area (Å²) in [7, 11) is 1.68. The van der Waals surface area contributed by atoms with Crippen molar-refractivity contribution in [2.75, 3.05) is 7.11 Å². The number of fused-ring (bicyclic) bond motifs is 2. The van der Waals surface area contributed by atoms with Crippen molar-refractivity contribution >= 4 is 59.9 Å². The summed E-state index contributed by atoms with van der Waals surface area (Å²) in [5.41, 5.74) is 7.51. The van der Waals surface area contributed by atoms with Gasteiger partial charge in [0, 0.05) is 43.2 Å². The van der Waals surface area contributed by atoms with Gasteiger partial charge in [-0.1, -0.05) is 82.1 Å². The van der Waals surface area contributed by atoms with Gasteiger partial charge in [-0.25, -0.2) is 4.98 Å². The molecule has 0 amide bonds. The van der Waals surface area contributed by atoms with Gasteiger partial charge in [-0.2, -0.15) is 9.78 Å². The fourth-order valence-electron chi connectivity index (χ4n) is 5.73. The highest BCUT2D eigenvalue weighted by molar-refractivity contribution is 9.11. The van der Waals surface area contributed by atoms with Gasteiger partial charge < -0.3 is 9.30 Å². The second kappa shape index (κ2) is 12.2. The van der Waals surface area contributed by atoms with Crippen molar-refractivity contribution in [1.29, 1.82) is 0 Å². The minimum absolute atomic E-state index is 0.216. The topological polar surface area (TPSA) is 61.4 Å². The summed E-state index contributed by atoms with van der Waals surface area (Å²) >= 11 is 7.28. The van der Waals surface area contributed by atoms with Crippen molar-refractivity contribution in [3.05, 3.63) is 126 Å². The van der Waals surface area contributed by atoms with E-state index in [0.717, 1.165) is 59.1 Å². The van der Waals surface area contributed by atoms with E-state index in [9.17, 15) is 4.79 Å². The number of halogens is 2. The molecular weight excluding hydrogens is 680 g/mol. The van der Waals surface area contributed by atoms with Crippen molar-refractivity contribution < 1.29 is 4.74 Å². The highest BCUT2D eigenvalue weighted by Crippen LogP contribution is 2.34. The van der Waals surface area contributed by atoms with Crippen LogP contribution in [0, 0.1) is 13.8 Å². The number of methoxy groups -OCH3 is 1. The molecule has 0 saturated heterocycles. The van der Waals surface area contributed by atoms with Crippen molar-refractivity contribution in [3.63, 3.8) is 0 Å². The molecule has 2 heterocycles. The Bertz CT molecular complexity index is 2140. The lowest BCUT2D eigenvalue weighted by Crippen LogP contribution is -2.21. The molecule has 2 aromatic heterocycles. The number of benzene rings is 4. The molecule has 0 atom stereocenters. The summed E-state index contributed by atoms with van der Waals surface area (Å²) in [6.07, 6.45) is 1.80. The average Bonchev–Trinajstić information content (AvgIpc) is 3.27. The first-order valence-electron chi connectivity index (χ1n) is 14.4. The van der Waals surface area contributed by atoms with Gasteiger partial charge in [-0.3, -0.25) is 4.79 Å². The second-order valence-corrected chi connectivity index (χ2v) is 13.0. The van der Waals surface area contributed by atoms with Crippen LogP contribution in [-0.4, -0.2) is 27.6 Å². The zero-order chi connectivity index (χ0) is 31.1. The summed E-state index contributed by atoms with van der Waals surface area (Å²) in [4.78, 5) is 19.0. The van der Waals surface area contributed by atoms with Crippen LogP contribution in [0.5, 0.6) is 5.75 Å². The Morgan fingerprint density at radius 2 is 1.68 bits per heavy atom. The van der Waals surface area contributed by atoms with Crippen LogP contribution in [0.1, 0.15) is 47.7 Å². The van der Waals surface area contributed by atoms with Crippen LogP contribution in [0.2, 0.25) is 0 Å². The number of aryl methyl sites for hydroxylation is 1. The molecule has 0 bridgehead atoms. The number of nitrogens with zero attached hydrogens (tertiary/aromatic N) is 4. The van der Waals surface area contributed by atoms with E-state index in [2.05, 4.69) is 93.6 Å². The Hall–Kier alpha value is -4.01. The maximum Gasteiger partial charge on any atom is 0.282 e. The number of hydrogen-bond donors (Lipinski definition) is 0. The van der Waals surface area contributed by atoms with Crippen molar-refractivity contribution in [2.24, 2.45) is 5.10 Å². The predicted molar refractivity (Wildman–Crippen MR) is 187 cm³/mol. The van der Waals surface area contributed by atoms with Gasteiger partial charge in [0.15, 0.2) is 5.82 Å². The molecule has 0 aliphatic carbocycles. The van der Waals surface area contributed by atoms with E-state index >= 15 is 0 Å². The second-order valence-electron chi connectivity index (χ2n) is 11.2. The Labute approximate surface area is 273 Å². The molecule has 6 aromatic rings. The average molecular weight is 712 g/mol. The van der Waals surface area contributed by atoms with Crippen LogP contribution in [0.15, 0.2) is 97.7 Å². The fraction of sp³-hybridized carbons (Fsp3) is 0.194. The molecule has 0 spiro atoms. The number of rotatable bonds is 7. The summed E-state index contributed by atoms with van der Waals surface area (Å²) in [5, 5.41) is 6.46. The van der Waals surface area contributed by atoms with Crippen molar-refractivity contribution in [1.82, 2.24) is 14.2 Å². The lowest BCUT2D eigenvalue weighted by atomic mass is 9.96. The van der Waals surface area contributed by atoms with Crippen LogP contribution in [0.25, 0.3) is 33.2 Å². The van der Waals surface area contributed by atoms with Gasteiger partial charge in [-0.05, 0) is 78.9 Å². The van der Waals surface area contributed by atoms with E-state index in [0.29, 0.717) is 23.3 Å². The van der Waals surface area contributed by atoms with Crippen LogP contribution in [0.3, 0.4) is 0 Å². The minimum atomic E-state index is -0.219. The maximum atomic E-state index is 14.0. The van der Waals surface area contributed by atoms with Crippen LogP contribution in [-0.2, 0) is 6.54 Å². The van der Waals surface area contributed by atoms with E-state index < -0.39 is 0 Å². The van der Waals surface area contributed by atoms with Gasteiger partial charge in [0.25, 0.3) is 5.56 Å². The highest BCUT2D eigenvalue weighted by atomic mass is 79.9. The van der Waals surface area contributed by atoms with E-state index in [1.807, 2.05) is 43.3 Å². The van der Waals surface area contributed by atoms with Crippen molar-refractivity contribution in [3.8, 4) is 17.1 Å². The number of para-hydroxylation sites is 2. The third-order valence-electron chi connectivity index (χ3n) is 8.12. The van der Waals surface area contributed by atoms with Crippen LogP contribution < -0.4 is 10.3 Å². The maximum absolute atomic E-state index is 14.0. The minimum Gasteiger partial charge on any atom is -0.496 e. The molecule has 0 radical (unpaired) electrons. The van der Waals surface area contributed by atoms with Gasteiger partial charge in [0.2, 0.25) is 0 Å². The zero-order valence-electron chi connectivity index (χ0n) is 25.2. The van der Waals surface area contributed by atoms with E-state index in [1.165, 1.54) is 4.68 Å². The monoisotopic (exact) mass is 710 g/mol. The molecule has 0 N–H and O–H groups in total. The lowest BCUT2D eigenvalue weighted by molar-refractivity contribution is 0.407. The van der Waals surface area contributed by atoms with Crippen LogP contribution >= 0.6 is 31.9 Å². The smallest absolute Gasteiger partial charge is 0.282 e. The van der Waals surface area contributed by atoms with Crippen molar-refractivity contribution in [2.45, 2.75) is 40.2 Å². The SMILES string of the molecule is COc1cc(C)c(-c2nc3ccccc3c(=O)n2N=Cc2c(C)n(Cc3ccc(Br)cc3Br)c3ccccc23)cc1C(C)C. The first-order valence-corrected chi connectivity index (χ1v) is 16.0.